The van der Waals surface area contributed by atoms with Crippen LogP contribution >= 0.6 is 0 Å². The van der Waals surface area contributed by atoms with E-state index >= 15 is 0 Å². The third kappa shape index (κ3) is 4.36. The number of ether oxygens (including phenoxy) is 2. The van der Waals surface area contributed by atoms with E-state index in [9.17, 15) is 14.0 Å². The Hall–Kier alpha value is -1.33. The van der Waals surface area contributed by atoms with Crippen LogP contribution in [0.1, 0.15) is 40.5 Å². The molecule has 0 saturated carbocycles. The molecule has 1 saturated heterocycles. The molecule has 0 spiro atoms. The molecule has 0 aromatic carbocycles. The Kier molecular flexibility index (Phi) is 5.14. The van der Waals surface area contributed by atoms with E-state index in [1.807, 2.05) is 0 Å². The lowest BCUT2D eigenvalue weighted by molar-refractivity contribution is -0.156. The molecule has 1 amide bonds. The van der Waals surface area contributed by atoms with Gasteiger partial charge in [-0.15, -0.1) is 0 Å². The van der Waals surface area contributed by atoms with Crippen molar-refractivity contribution in [2.24, 2.45) is 5.92 Å². The minimum absolute atomic E-state index is 0.203. The van der Waals surface area contributed by atoms with Gasteiger partial charge in [-0.25, -0.2) is 9.18 Å². The first-order valence-corrected chi connectivity index (χ1v) is 6.56. The molecule has 0 aromatic rings. The van der Waals surface area contributed by atoms with E-state index in [-0.39, 0.29) is 13.2 Å². The van der Waals surface area contributed by atoms with Gasteiger partial charge in [-0.3, -0.25) is 9.69 Å². The van der Waals surface area contributed by atoms with Crippen LogP contribution in [0.3, 0.4) is 0 Å². The van der Waals surface area contributed by atoms with Crippen LogP contribution in [0.5, 0.6) is 0 Å². The molecule has 5 nitrogen and oxygen atoms in total. The first-order valence-electron chi connectivity index (χ1n) is 6.56. The van der Waals surface area contributed by atoms with Crippen LogP contribution in [0.25, 0.3) is 0 Å². The fraction of sp³-hybridized carbons (Fsp3) is 0.846. The number of alkyl halides is 1. The highest BCUT2D eigenvalue weighted by molar-refractivity contribution is 5.75. The number of carbonyl (C=O) groups is 2. The number of halogens is 1. The number of amides is 1. The summed E-state index contributed by atoms with van der Waals surface area (Å²) in [6.45, 7) is 7.26. The van der Waals surface area contributed by atoms with Gasteiger partial charge in [-0.05, 0) is 40.5 Å². The number of piperidine rings is 1. The largest absolute Gasteiger partial charge is 0.466 e. The molecule has 6 heteroatoms. The van der Waals surface area contributed by atoms with Crippen molar-refractivity contribution in [1.29, 1.82) is 0 Å². The quantitative estimate of drug-likeness (QED) is 0.574. The Morgan fingerprint density at radius 3 is 2.53 bits per heavy atom. The lowest BCUT2D eigenvalue weighted by atomic mass is 9.97. The number of likely N-dealkylation sites (tertiary alicyclic amines) is 1. The van der Waals surface area contributed by atoms with Crippen molar-refractivity contribution in [3.63, 3.8) is 0 Å². The van der Waals surface area contributed by atoms with Gasteiger partial charge < -0.3 is 9.47 Å². The maximum atomic E-state index is 14.2. The molecule has 0 aromatic heterocycles. The second kappa shape index (κ2) is 6.21. The highest BCUT2D eigenvalue weighted by Gasteiger charge is 2.41. The van der Waals surface area contributed by atoms with E-state index in [0.29, 0.717) is 12.8 Å². The van der Waals surface area contributed by atoms with Gasteiger partial charge in [0.05, 0.1) is 6.61 Å². The lowest BCUT2D eigenvalue weighted by Gasteiger charge is -2.36. The third-order valence-electron chi connectivity index (χ3n) is 2.76. The molecule has 1 aliphatic heterocycles. The number of hydrogen-bond donors (Lipinski definition) is 0. The fourth-order valence-corrected chi connectivity index (χ4v) is 1.95. The molecule has 0 bridgehead atoms. The van der Waals surface area contributed by atoms with Crippen molar-refractivity contribution < 1.29 is 23.5 Å². The highest BCUT2D eigenvalue weighted by atomic mass is 19.1. The Labute approximate surface area is 113 Å². The van der Waals surface area contributed by atoms with E-state index in [1.54, 1.807) is 27.7 Å². The average molecular weight is 275 g/mol. The van der Waals surface area contributed by atoms with E-state index in [0.717, 1.165) is 4.90 Å². The highest BCUT2D eigenvalue weighted by Crippen LogP contribution is 2.27. The average Bonchev–Trinajstić information content (AvgIpc) is 2.27. The zero-order valence-corrected chi connectivity index (χ0v) is 11.9. The molecule has 2 atom stereocenters. The third-order valence-corrected chi connectivity index (χ3v) is 2.76. The molecule has 1 aliphatic rings. The van der Waals surface area contributed by atoms with Crippen LogP contribution < -0.4 is 0 Å². The zero-order valence-electron chi connectivity index (χ0n) is 11.9. The first kappa shape index (κ1) is 15.7. The summed E-state index contributed by atoms with van der Waals surface area (Å²) in [6, 6.07) is 0. The summed E-state index contributed by atoms with van der Waals surface area (Å²) in [5, 5.41) is 0. The second-order valence-corrected chi connectivity index (χ2v) is 5.55. The monoisotopic (exact) mass is 275 g/mol. The standard InChI is InChI=1S/C13H22FNO4/c1-5-18-11(16)9-7-6-8-15(10(9)14)12(17)19-13(2,3)4/h9-10H,5-8H2,1-4H3. The molecule has 0 aliphatic carbocycles. The van der Waals surface area contributed by atoms with Crippen LogP contribution in [0.2, 0.25) is 0 Å². The zero-order chi connectivity index (χ0) is 14.6. The molecule has 19 heavy (non-hydrogen) atoms. The number of rotatable bonds is 2. The number of hydrogen-bond acceptors (Lipinski definition) is 4. The first-order chi connectivity index (χ1) is 8.76. The Balaban J connectivity index is 2.70. The van der Waals surface area contributed by atoms with Crippen molar-refractivity contribution in [3.8, 4) is 0 Å². The molecular formula is C13H22FNO4. The Morgan fingerprint density at radius 2 is 2.00 bits per heavy atom. The molecule has 1 heterocycles. The van der Waals surface area contributed by atoms with E-state index in [1.165, 1.54) is 0 Å². The van der Waals surface area contributed by atoms with E-state index in [2.05, 4.69) is 0 Å². The minimum Gasteiger partial charge on any atom is -0.466 e. The molecule has 0 radical (unpaired) electrons. The second-order valence-electron chi connectivity index (χ2n) is 5.55. The Morgan fingerprint density at radius 1 is 1.37 bits per heavy atom. The van der Waals surface area contributed by atoms with Crippen LogP contribution in [0, 0.1) is 5.92 Å². The summed E-state index contributed by atoms with van der Waals surface area (Å²) in [4.78, 5) is 24.5. The van der Waals surface area contributed by atoms with Gasteiger partial charge in [-0.2, -0.15) is 0 Å². The predicted molar refractivity (Wildman–Crippen MR) is 67.2 cm³/mol. The normalized spacial score (nSPS) is 23.9. The molecule has 0 N–H and O–H groups in total. The molecule has 1 fully saturated rings. The fourth-order valence-electron chi connectivity index (χ4n) is 1.95. The number of esters is 1. The summed E-state index contributed by atoms with van der Waals surface area (Å²) >= 11 is 0. The van der Waals surface area contributed by atoms with Crippen molar-refractivity contribution in [2.45, 2.75) is 52.4 Å². The van der Waals surface area contributed by atoms with Gasteiger partial charge in [0.2, 0.25) is 0 Å². The van der Waals surface area contributed by atoms with Crippen molar-refractivity contribution in [2.75, 3.05) is 13.2 Å². The maximum Gasteiger partial charge on any atom is 0.412 e. The van der Waals surface area contributed by atoms with Gasteiger partial charge in [0.15, 0.2) is 6.30 Å². The minimum atomic E-state index is -1.68. The van der Waals surface area contributed by atoms with Crippen molar-refractivity contribution in [1.82, 2.24) is 4.90 Å². The summed E-state index contributed by atoms with van der Waals surface area (Å²) in [6.07, 6.45) is -1.46. The van der Waals surface area contributed by atoms with Crippen LogP contribution in [-0.4, -0.2) is 42.0 Å². The SMILES string of the molecule is CCOC(=O)C1CCCN(C(=O)OC(C)(C)C)C1F. The molecular weight excluding hydrogens is 253 g/mol. The van der Waals surface area contributed by atoms with Gasteiger partial charge in [0, 0.05) is 6.54 Å². The smallest absolute Gasteiger partial charge is 0.412 e. The van der Waals surface area contributed by atoms with Crippen LogP contribution in [0.4, 0.5) is 9.18 Å². The van der Waals surface area contributed by atoms with Crippen molar-refractivity contribution >= 4 is 12.1 Å². The molecule has 2 unspecified atom stereocenters. The molecule has 1 rings (SSSR count). The maximum absolute atomic E-state index is 14.2. The summed E-state index contributed by atoms with van der Waals surface area (Å²) in [7, 11) is 0. The van der Waals surface area contributed by atoms with Crippen molar-refractivity contribution in [3.05, 3.63) is 0 Å². The summed E-state index contributed by atoms with van der Waals surface area (Å²) in [5.41, 5.74) is -0.687. The topological polar surface area (TPSA) is 55.8 Å². The predicted octanol–water partition coefficient (Wildman–Crippen LogP) is 2.49. The van der Waals surface area contributed by atoms with Crippen LogP contribution in [0.15, 0.2) is 0 Å². The van der Waals surface area contributed by atoms with Gasteiger partial charge in [0.1, 0.15) is 11.5 Å². The van der Waals surface area contributed by atoms with Gasteiger partial charge in [-0.1, -0.05) is 0 Å². The summed E-state index contributed by atoms with van der Waals surface area (Å²) in [5.74, 6) is -1.51. The number of carbonyl (C=O) groups excluding carboxylic acids is 2. The van der Waals surface area contributed by atoms with Crippen LogP contribution in [-0.2, 0) is 14.3 Å². The molecule has 110 valence electrons. The summed E-state index contributed by atoms with van der Waals surface area (Å²) < 4.78 is 24.2. The number of nitrogens with zero attached hydrogens (tertiary/aromatic N) is 1. The van der Waals surface area contributed by atoms with Gasteiger partial charge in [0.25, 0.3) is 0 Å². The Bertz CT molecular complexity index is 340. The van der Waals surface area contributed by atoms with E-state index in [4.69, 9.17) is 9.47 Å². The lowest BCUT2D eigenvalue weighted by Crippen LogP contribution is -2.50. The van der Waals surface area contributed by atoms with Gasteiger partial charge >= 0.3 is 12.1 Å². The van der Waals surface area contributed by atoms with E-state index < -0.39 is 29.9 Å².